The van der Waals surface area contributed by atoms with Crippen LogP contribution in [0.2, 0.25) is 0 Å². The fraction of sp³-hybridized carbons (Fsp3) is 0.333. The number of amides is 1. The van der Waals surface area contributed by atoms with Gasteiger partial charge in [-0.2, -0.15) is 4.99 Å². The van der Waals surface area contributed by atoms with Gasteiger partial charge in [0.25, 0.3) is 0 Å². The van der Waals surface area contributed by atoms with Gasteiger partial charge in [0.05, 0.1) is 16.8 Å². The van der Waals surface area contributed by atoms with Crippen LogP contribution in [-0.2, 0) is 16.1 Å². The van der Waals surface area contributed by atoms with E-state index in [4.69, 9.17) is 4.74 Å². The Morgan fingerprint density at radius 3 is 2.84 bits per heavy atom. The summed E-state index contributed by atoms with van der Waals surface area (Å²) < 4.78 is 33.9. The molecular formula is C12H12F2N2O2S. The van der Waals surface area contributed by atoms with Gasteiger partial charge in [0.15, 0.2) is 10.6 Å². The van der Waals surface area contributed by atoms with E-state index in [2.05, 4.69) is 4.99 Å². The van der Waals surface area contributed by atoms with E-state index in [0.29, 0.717) is 22.7 Å². The van der Waals surface area contributed by atoms with E-state index in [1.807, 2.05) is 0 Å². The molecule has 0 saturated heterocycles. The summed E-state index contributed by atoms with van der Waals surface area (Å²) in [6.45, 7) is 1.99. The van der Waals surface area contributed by atoms with Crippen LogP contribution >= 0.6 is 11.3 Å². The molecule has 0 fully saturated rings. The molecule has 0 saturated carbocycles. The number of halogens is 2. The average Bonchev–Trinajstić information content (AvgIpc) is 2.63. The number of ether oxygens (including phenoxy) is 1. The fourth-order valence-electron chi connectivity index (χ4n) is 1.74. The maximum Gasteiger partial charge on any atom is 0.245 e. The first-order chi connectivity index (χ1) is 9.02. The van der Waals surface area contributed by atoms with Crippen molar-refractivity contribution in [1.29, 1.82) is 0 Å². The van der Waals surface area contributed by atoms with Gasteiger partial charge in [-0.3, -0.25) is 4.79 Å². The van der Waals surface area contributed by atoms with Gasteiger partial charge in [-0.05, 0) is 6.07 Å². The lowest BCUT2D eigenvalue weighted by molar-refractivity contribution is -0.116. The van der Waals surface area contributed by atoms with E-state index in [1.165, 1.54) is 24.7 Å². The van der Waals surface area contributed by atoms with Crippen molar-refractivity contribution in [3.05, 3.63) is 28.6 Å². The molecule has 1 heterocycles. The number of thiazole rings is 1. The molecule has 0 aliphatic carbocycles. The van der Waals surface area contributed by atoms with Crippen LogP contribution < -0.4 is 4.80 Å². The third-order valence-electron chi connectivity index (χ3n) is 2.47. The van der Waals surface area contributed by atoms with E-state index < -0.39 is 17.5 Å². The minimum Gasteiger partial charge on any atom is -0.383 e. The topological polar surface area (TPSA) is 43.6 Å². The van der Waals surface area contributed by atoms with Crippen LogP contribution in [0, 0.1) is 11.6 Å². The molecule has 19 heavy (non-hydrogen) atoms. The number of nitrogens with zero attached hydrogens (tertiary/aromatic N) is 2. The summed E-state index contributed by atoms with van der Waals surface area (Å²) in [5, 5.41) is 0. The highest BCUT2D eigenvalue weighted by Crippen LogP contribution is 2.22. The first-order valence-electron chi connectivity index (χ1n) is 5.55. The highest BCUT2D eigenvalue weighted by molar-refractivity contribution is 7.16. The lowest BCUT2D eigenvalue weighted by atomic mass is 10.3. The van der Waals surface area contributed by atoms with Crippen molar-refractivity contribution in [3.8, 4) is 0 Å². The number of hydrogen-bond acceptors (Lipinski definition) is 3. The smallest absolute Gasteiger partial charge is 0.245 e. The van der Waals surface area contributed by atoms with Crippen LogP contribution in [0.15, 0.2) is 17.1 Å². The lowest BCUT2D eigenvalue weighted by Crippen LogP contribution is -2.19. The quantitative estimate of drug-likeness (QED) is 0.867. The standard InChI is InChI=1S/C12H12F2N2O2S/c1-7(17)15-12-16(3-4-18-2)11-9(14)5-8(13)6-10(11)19-12/h5-6H,3-4H2,1-2H3. The fourth-order valence-corrected chi connectivity index (χ4v) is 2.88. The van der Waals surface area contributed by atoms with Crippen LogP contribution in [0.25, 0.3) is 10.2 Å². The SMILES string of the molecule is COCCn1c(=NC(C)=O)sc2cc(F)cc(F)c21. The number of methoxy groups -OCH3 is 1. The summed E-state index contributed by atoms with van der Waals surface area (Å²) in [6, 6.07) is 2.04. The van der Waals surface area contributed by atoms with E-state index in [1.54, 1.807) is 0 Å². The first kappa shape index (κ1) is 13.8. The van der Waals surface area contributed by atoms with E-state index in [-0.39, 0.29) is 5.52 Å². The van der Waals surface area contributed by atoms with Crippen molar-refractivity contribution in [2.45, 2.75) is 13.5 Å². The van der Waals surface area contributed by atoms with Crippen molar-refractivity contribution >= 4 is 27.5 Å². The maximum atomic E-state index is 13.9. The van der Waals surface area contributed by atoms with Crippen molar-refractivity contribution in [1.82, 2.24) is 4.57 Å². The van der Waals surface area contributed by atoms with Crippen molar-refractivity contribution in [2.75, 3.05) is 13.7 Å². The predicted octanol–water partition coefficient (Wildman–Crippen LogP) is 2.07. The van der Waals surface area contributed by atoms with Gasteiger partial charge in [-0.25, -0.2) is 8.78 Å². The zero-order valence-corrected chi connectivity index (χ0v) is 11.3. The number of carbonyl (C=O) groups is 1. The summed E-state index contributed by atoms with van der Waals surface area (Å²) >= 11 is 1.07. The van der Waals surface area contributed by atoms with Crippen molar-refractivity contribution in [3.63, 3.8) is 0 Å². The third kappa shape index (κ3) is 2.87. The van der Waals surface area contributed by atoms with Crippen molar-refractivity contribution in [2.24, 2.45) is 4.99 Å². The Morgan fingerprint density at radius 2 is 2.21 bits per heavy atom. The maximum absolute atomic E-state index is 13.9. The zero-order chi connectivity index (χ0) is 14.0. The number of carbonyl (C=O) groups excluding carboxylic acids is 1. The largest absolute Gasteiger partial charge is 0.383 e. The summed E-state index contributed by atoms with van der Waals surface area (Å²) in [6.07, 6.45) is 0. The molecule has 7 heteroatoms. The molecule has 0 spiro atoms. The van der Waals surface area contributed by atoms with Crippen LogP contribution in [-0.4, -0.2) is 24.2 Å². The summed E-state index contributed by atoms with van der Waals surface area (Å²) in [4.78, 5) is 15.3. The second kappa shape index (κ2) is 5.58. The highest BCUT2D eigenvalue weighted by Gasteiger charge is 2.13. The Balaban J connectivity index is 2.74. The Labute approximate surface area is 112 Å². The molecular weight excluding hydrogens is 274 g/mol. The second-order valence-corrected chi connectivity index (χ2v) is 4.90. The summed E-state index contributed by atoms with van der Waals surface area (Å²) in [5.41, 5.74) is 0.239. The van der Waals surface area contributed by atoms with Gasteiger partial charge in [0.1, 0.15) is 5.82 Å². The van der Waals surface area contributed by atoms with E-state index in [0.717, 1.165) is 17.4 Å². The molecule has 0 N–H and O–H groups in total. The molecule has 102 valence electrons. The predicted molar refractivity (Wildman–Crippen MR) is 67.9 cm³/mol. The highest BCUT2D eigenvalue weighted by atomic mass is 32.1. The molecule has 1 amide bonds. The Morgan fingerprint density at radius 1 is 1.47 bits per heavy atom. The Bertz CT molecular complexity index is 691. The molecule has 1 aromatic heterocycles. The number of hydrogen-bond donors (Lipinski definition) is 0. The molecule has 2 rings (SSSR count). The van der Waals surface area contributed by atoms with Gasteiger partial charge in [-0.1, -0.05) is 11.3 Å². The molecule has 0 radical (unpaired) electrons. The zero-order valence-electron chi connectivity index (χ0n) is 10.4. The minimum absolute atomic E-state index is 0.239. The van der Waals surface area contributed by atoms with Gasteiger partial charge < -0.3 is 9.30 Å². The first-order valence-corrected chi connectivity index (χ1v) is 6.37. The van der Waals surface area contributed by atoms with Gasteiger partial charge in [-0.15, -0.1) is 0 Å². The number of benzene rings is 1. The molecule has 0 aliphatic heterocycles. The molecule has 4 nitrogen and oxygen atoms in total. The third-order valence-corrected chi connectivity index (χ3v) is 3.49. The minimum atomic E-state index is -0.674. The number of fused-ring (bicyclic) bond motifs is 1. The van der Waals surface area contributed by atoms with E-state index >= 15 is 0 Å². The summed E-state index contributed by atoms with van der Waals surface area (Å²) in [7, 11) is 1.52. The van der Waals surface area contributed by atoms with Crippen LogP contribution in [0.4, 0.5) is 8.78 Å². The normalized spacial score (nSPS) is 12.3. The van der Waals surface area contributed by atoms with Gasteiger partial charge in [0, 0.05) is 26.6 Å². The van der Waals surface area contributed by atoms with Crippen molar-refractivity contribution < 1.29 is 18.3 Å². The van der Waals surface area contributed by atoms with E-state index in [9.17, 15) is 13.6 Å². The lowest BCUT2D eigenvalue weighted by Gasteiger charge is -2.04. The average molecular weight is 286 g/mol. The Hall–Kier alpha value is -1.60. The van der Waals surface area contributed by atoms with Crippen LogP contribution in [0.3, 0.4) is 0 Å². The molecule has 2 aromatic rings. The molecule has 0 aliphatic rings. The van der Waals surface area contributed by atoms with Crippen LogP contribution in [0.1, 0.15) is 6.92 Å². The number of rotatable bonds is 3. The molecule has 0 unspecified atom stereocenters. The molecule has 0 atom stereocenters. The van der Waals surface area contributed by atoms with Crippen LogP contribution in [0.5, 0.6) is 0 Å². The summed E-state index contributed by atoms with van der Waals surface area (Å²) in [5.74, 6) is -1.72. The monoisotopic (exact) mass is 286 g/mol. The second-order valence-electron chi connectivity index (χ2n) is 3.89. The van der Waals surface area contributed by atoms with Gasteiger partial charge in [0.2, 0.25) is 5.91 Å². The number of aromatic nitrogens is 1. The molecule has 0 bridgehead atoms. The Kier molecular flexibility index (Phi) is 4.06. The molecule has 1 aromatic carbocycles. The van der Waals surface area contributed by atoms with Gasteiger partial charge >= 0.3 is 0 Å².